The van der Waals surface area contributed by atoms with Gasteiger partial charge in [-0.05, 0) is 6.54 Å². The molecular formula is C11H23ClN2O4S. The van der Waals surface area contributed by atoms with Crippen LogP contribution in [0.25, 0.3) is 0 Å². The summed E-state index contributed by atoms with van der Waals surface area (Å²) in [6.07, 6.45) is 0. The highest BCUT2D eigenvalue weighted by Crippen LogP contribution is 2.04. The van der Waals surface area contributed by atoms with Gasteiger partial charge in [0.1, 0.15) is 6.04 Å². The van der Waals surface area contributed by atoms with Gasteiger partial charge < -0.3 is 20.4 Å². The van der Waals surface area contributed by atoms with Crippen molar-refractivity contribution < 1.29 is 19.8 Å². The Balaban J connectivity index is 0. The third-order valence-corrected chi connectivity index (χ3v) is 3.42. The molecule has 0 aromatic carbocycles. The maximum absolute atomic E-state index is 10.9. The fourth-order valence-corrected chi connectivity index (χ4v) is 2.40. The van der Waals surface area contributed by atoms with Gasteiger partial charge in [-0.2, -0.15) is 11.8 Å². The van der Waals surface area contributed by atoms with E-state index < -0.39 is 12.0 Å². The summed E-state index contributed by atoms with van der Waals surface area (Å²) >= 11 is 1.48. The van der Waals surface area contributed by atoms with Crippen LogP contribution in [0.5, 0.6) is 0 Å². The van der Waals surface area contributed by atoms with Crippen LogP contribution >= 0.6 is 24.2 Å². The summed E-state index contributed by atoms with van der Waals surface area (Å²) in [6.45, 7) is 5.73. The van der Waals surface area contributed by atoms with Crippen molar-refractivity contribution in [3.8, 4) is 0 Å². The molecule has 3 N–H and O–H groups in total. The molecule has 0 aliphatic carbocycles. The van der Waals surface area contributed by atoms with Crippen LogP contribution in [0, 0.1) is 0 Å². The van der Waals surface area contributed by atoms with Crippen molar-refractivity contribution in [1.82, 2.24) is 10.2 Å². The van der Waals surface area contributed by atoms with Crippen molar-refractivity contribution >= 4 is 36.0 Å². The molecule has 1 amide bonds. The lowest BCUT2D eigenvalue weighted by Gasteiger charge is -2.19. The van der Waals surface area contributed by atoms with Gasteiger partial charge in [-0.3, -0.25) is 4.79 Å². The number of rotatable bonds is 10. The molecule has 1 atom stereocenters. The summed E-state index contributed by atoms with van der Waals surface area (Å²) in [4.78, 5) is 23.7. The Labute approximate surface area is 124 Å². The molecule has 0 aliphatic heterocycles. The zero-order valence-corrected chi connectivity index (χ0v) is 12.9. The summed E-state index contributed by atoms with van der Waals surface area (Å²) in [5.41, 5.74) is 0. The number of carboxylic acids is 1. The smallest absolute Gasteiger partial charge is 0.327 e. The van der Waals surface area contributed by atoms with Crippen molar-refractivity contribution in [2.24, 2.45) is 0 Å². The maximum Gasteiger partial charge on any atom is 0.327 e. The van der Waals surface area contributed by atoms with Gasteiger partial charge in [0, 0.05) is 31.5 Å². The molecule has 0 aromatic heterocycles. The molecule has 0 aromatic rings. The summed E-state index contributed by atoms with van der Waals surface area (Å²) in [5.74, 6) is -0.220. The molecule has 114 valence electrons. The Kier molecular flexibility index (Phi) is 13.7. The van der Waals surface area contributed by atoms with E-state index >= 15 is 0 Å². The highest BCUT2D eigenvalue weighted by molar-refractivity contribution is 7.99. The Morgan fingerprint density at radius 3 is 2.42 bits per heavy atom. The van der Waals surface area contributed by atoms with Crippen LogP contribution in [0.3, 0.4) is 0 Å². The Morgan fingerprint density at radius 1 is 1.37 bits per heavy atom. The molecule has 0 saturated carbocycles. The minimum Gasteiger partial charge on any atom is -0.480 e. The number of nitrogens with one attached hydrogen (secondary N) is 1. The quantitative estimate of drug-likeness (QED) is 0.389. The third kappa shape index (κ3) is 11.1. The Hall–Kier alpha value is -0.500. The zero-order chi connectivity index (χ0) is 14.0. The normalized spacial score (nSPS) is 11.8. The number of likely N-dealkylation sites (N-methyl/N-ethyl adjacent to an activating group) is 1. The lowest BCUT2D eigenvalue weighted by Crippen LogP contribution is -2.41. The van der Waals surface area contributed by atoms with Crippen LogP contribution in [-0.4, -0.2) is 70.8 Å². The lowest BCUT2D eigenvalue weighted by atomic mass is 10.3. The van der Waals surface area contributed by atoms with Gasteiger partial charge in [-0.25, -0.2) is 4.79 Å². The van der Waals surface area contributed by atoms with Gasteiger partial charge in [-0.1, -0.05) is 6.92 Å². The van der Waals surface area contributed by atoms with Crippen molar-refractivity contribution in [2.75, 3.05) is 37.7 Å². The highest BCUT2D eigenvalue weighted by atomic mass is 35.5. The molecule has 6 nitrogen and oxygen atoms in total. The van der Waals surface area contributed by atoms with Gasteiger partial charge in [0.2, 0.25) is 5.91 Å². The number of carbonyl (C=O) groups excluding carboxylic acids is 1. The molecule has 0 heterocycles. The molecule has 19 heavy (non-hydrogen) atoms. The largest absolute Gasteiger partial charge is 0.480 e. The minimum atomic E-state index is -1.01. The van der Waals surface area contributed by atoms with Crippen LogP contribution in [0.15, 0.2) is 0 Å². The molecular weight excluding hydrogens is 296 g/mol. The van der Waals surface area contributed by atoms with Crippen LogP contribution in [0.2, 0.25) is 0 Å². The zero-order valence-electron chi connectivity index (χ0n) is 11.3. The summed E-state index contributed by atoms with van der Waals surface area (Å²) < 4.78 is 0. The van der Waals surface area contributed by atoms with Crippen molar-refractivity contribution in [1.29, 1.82) is 0 Å². The average Bonchev–Trinajstić information content (AvgIpc) is 2.30. The van der Waals surface area contributed by atoms with Gasteiger partial charge in [0.25, 0.3) is 0 Å². The molecule has 0 aliphatic rings. The molecule has 8 heteroatoms. The number of aliphatic carboxylic acids is 1. The van der Waals surface area contributed by atoms with Crippen molar-refractivity contribution in [3.05, 3.63) is 0 Å². The number of hydrogen-bond donors (Lipinski definition) is 3. The number of hydrogen-bond acceptors (Lipinski definition) is 5. The first kappa shape index (κ1) is 20.8. The van der Waals surface area contributed by atoms with E-state index in [1.54, 1.807) is 0 Å². The number of thioether (sulfide) groups is 1. The maximum atomic E-state index is 10.9. The summed E-state index contributed by atoms with van der Waals surface area (Å²) in [7, 11) is 0. The Morgan fingerprint density at radius 2 is 2.00 bits per heavy atom. The standard InChI is InChI=1S/C11H22N2O4S.ClH/c1-3-13(4-6-14)5-7-18-8-10(11(16)17)12-9(2)15;/h10,14H,3-8H2,1-2H3,(H,12,15)(H,16,17);1H/t10-;/m0./s1/i4+1,5+1,6+1,7+1;. The lowest BCUT2D eigenvalue weighted by molar-refractivity contribution is -0.140. The first-order valence-corrected chi connectivity index (χ1v) is 7.07. The number of nitrogens with zero attached hydrogens (tertiary/aromatic N) is 1. The molecule has 0 fully saturated rings. The fourth-order valence-electron chi connectivity index (χ4n) is 1.38. The van der Waals surface area contributed by atoms with E-state index in [-0.39, 0.29) is 24.9 Å². The molecule has 0 radical (unpaired) electrons. The highest BCUT2D eigenvalue weighted by Gasteiger charge is 2.17. The minimum absolute atomic E-state index is 0. The number of carbonyl (C=O) groups is 2. The molecule has 0 rings (SSSR count). The van der Waals surface area contributed by atoms with E-state index in [1.807, 2.05) is 6.92 Å². The van der Waals surface area contributed by atoms with E-state index in [9.17, 15) is 9.59 Å². The van der Waals surface area contributed by atoms with Crippen LogP contribution in [0.1, 0.15) is 13.8 Å². The van der Waals surface area contributed by atoms with E-state index in [1.165, 1.54) is 18.7 Å². The second-order valence-electron chi connectivity index (χ2n) is 3.82. The van der Waals surface area contributed by atoms with Gasteiger partial charge in [0.15, 0.2) is 0 Å². The van der Waals surface area contributed by atoms with Crippen LogP contribution in [0.4, 0.5) is 0 Å². The van der Waals surface area contributed by atoms with Crippen molar-refractivity contribution in [2.45, 2.75) is 19.9 Å². The summed E-state index contributed by atoms with van der Waals surface area (Å²) in [5, 5.41) is 20.1. The van der Waals surface area contributed by atoms with E-state index in [4.69, 9.17) is 10.2 Å². The predicted molar refractivity (Wildman–Crippen MR) is 79.0 cm³/mol. The fraction of sp³-hybridized carbons (Fsp3) is 0.818. The van der Waals surface area contributed by atoms with Crippen molar-refractivity contribution in [3.63, 3.8) is 0 Å². The number of halogens is 1. The first-order valence-electron chi connectivity index (χ1n) is 5.92. The monoisotopic (exact) mass is 318 g/mol. The summed E-state index contributed by atoms with van der Waals surface area (Å²) in [6, 6.07) is -0.833. The van der Waals surface area contributed by atoms with Gasteiger partial charge in [-0.15, -0.1) is 12.4 Å². The molecule has 0 bridgehead atoms. The third-order valence-electron chi connectivity index (χ3n) is 2.38. The number of amides is 1. The van der Waals surface area contributed by atoms with Crippen LogP contribution < -0.4 is 5.32 Å². The van der Waals surface area contributed by atoms with E-state index in [0.717, 1.165) is 18.8 Å². The predicted octanol–water partition coefficient (Wildman–Crippen LogP) is 0.0449. The average molecular weight is 319 g/mol. The second kappa shape index (κ2) is 12.5. The molecule has 0 saturated heterocycles. The second-order valence-corrected chi connectivity index (χ2v) is 4.97. The number of aliphatic hydroxyl groups excluding tert-OH is 1. The van der Waals surface area contributed by atoms with Crippen LogP contribution in [-0.2, 0) is 9.59 Å². The first-order chi connectivity index (χ1) is 8.51. The molecule has 0 unspecified atom stereocenters. The van der Waals surface area contributed by atoms with E-state index in [2.05, 4.69) is 10.2 Å². The molecule has 0 spiro atoms. The van der Waals surface area contributed by atoms with Gasteiger partial charge in [0.05, 0.1) is 6.61 Å². The number of aliphatic hydroxyl groups is 1. The van der Waals surface area contributed by atoms with E-state index in [0.29, 0.717) is 12.3 Å². The number of carboxylic acid groups (broad SMARTS) is 1. The SMILES string of the molecule is CCN([13CH2][13CH2]O)[13CH2][13CH2]SC[C@H](NC(C)=O)C(=O)O.Cl. The topological polar surface area (TPSA) is 89.9 Å². The Bertz CT molecular complexity index is 269. The van der Waals surface area contributed by atoms with Gasteiger partial charge >= 0.3 is 5.97 Å².